The molecule has 6 heteroatoms. The van der Waals surface area contributed by atoms with Gasteiger partial charge in [0.15, 0.2) is 0 Å². The van der Waals surface area contributed by atoms with Crippen molar-refractivity contribution in [3.05, 3.63) is 24.5 Å². The van der Waals surface area contributed by atoms with Gasteiger partial charge in [-0.15, -0.1) is 0 Å². The minimum absolute atomic E-state index is 0.106. The molecule has 2 fully saturated rings. The molecule has 6 nitrogen and oxygen atoms in total. The Balaban J connectivity index is 1.53. The van der Waals surface area contributed by atoms with Crippen molar-refractivity contribution in [2.24, 2.45) is 11.8 Å². The smallest absolute Gasteiger partial charge is 0.306 e. The van der Waals surface area contributed by atoms with Gasteiger partial charge in [0.2, 0.25) is 5.91 Å². The lowest BCUT2D eigenvalue weighted by Crippen LogP contribution is -2.50. The van der Waals surface area contributed by atoms with E-state index in [1.807, 2.05) is 23.2 Å². The van der Waals surface area contributed by atoms with Crippen molar-refractivity contribution in [1.82, 2.24) is 9.88 Å². The molecule has 1 aliphatic heterocycles. The van der Waals surface area contributed by atoms with Crippen LogP contribution >= 0.6 is 0 Å². The number of pyridine rings is 1. The lowest BCUT2D eigenvalue weighted by molar-refractivity contribution is -0.141. The molecule has 2 heterocycles. The van der Waals surface area contributed by atoms with E-state index in [9.17, 15) is 9.59 Å². The Labute approximate surface area is 129 Å². The van der Waals surface area contributed by atoms with Crippen LogP contribution in [0.4, 0.5) is 5.69 Å². The van der Waals surface area contributed by atoms with Crippen LogP contribution < -0.4 is 4.90 Å². The fourth-order valence-electron chi connectivity index (χ4n) is 3.41. The van der Waals surface area contributed by atoms with E-state index in [-0.39, 0.29) is 17.7 Å². The first-order valence-corrected chi connectivity index (χ1v) is 7.81. The summed E-state index contributed by atoms with van der Waals surface area (Å²) in [7, 11) is 0. The number of nitrogens with zero attached hydrogens (tertiary/aromatic N) is 3. The van der Waals surface area contributed by atoms with E-state index in [1.165, 1.54) is 0 Å². The summed E-state index contributed by atoms with van der Waals surface area (Å²) in [5.41, 5.74) is 1.08. The molecule has 0 bridgehead atoms. The number of hydrogen-bond donors (Lipinski definition) is 1. The summed E-state index contributed by atoms with van der Waals surface area (Å²) in [4.78, 5) is 31.8. The van der Waals surface area contributed by atoms with Crippen LogP contribution in [0.5, 0.6) is 0 Å². The Bertz CT molecular complexity index is 541. The maximum absolute atomic E-state index is 12.5. The SMILES string of the molecule is O=C(O)[C@@H]1CC[C@H](C(=O)N2CCN(c3cccnc3)CC2)C1. The summed E-state index contributed by atoms with van der Waals surface area (Å²) in [5.74, 6) is -1.08. The highest BCUT2D eigenvalue weighted by molar-refractivity contribution is 5.81. The number of piperazine rings is 1. The summed E-state index contributed by atoms with van der Waals surface area (Å²) < 4.78 is 0. The second-order valence-electron chi connectivity index (χ2n) is 6.07. The summed E-state index contributed by atoms with van der Waals surface area (Å²) in [6, 6.07) is 3.94. The molecule has 1 saturated carbocycles. The van der Waals surface area contributed by atoms with Gasteiger partial charge in [0.05, 0.1) is 17.8 Å². The average molecular weight is 303 g/mol. The van der Waals surface area contributed by atoms with E-state index in [0.717, 1.165) is 18.8 Å². The molecular formula is C16H21N3O3. The lowest BCUT2D eigenvalue weighted by Gasteiger charge is -2.37. The van der Waals surface area contributed by atoms with Crippen molar-refractivity contribution >= 4 is 17.6 Å². The molecule has 1 N–H and O–H groups in total. The number of amides is 1. The molecule has 0 radical (unpaired) electrons. The number of rotatable bonds is 3. The van der Waals surface area contributed by atoms with Crippen molar-refractivity contribution in [2.45, 2.75) is 19.3 Å². The highest BCUT2D eigenvalue weighted by Crippen LogP contribution is 2.32. The van der Waals surface area contributed by atoms with Gasteiger partial charge in [0, 0.05) is 38.3 Å². The van der Waals surface area contributed by atoms with Crippen molar-refractivity contribution < 1.29 is 14.7 Å². The van der Waals surface area contributed by atoms with Crippen LogP contribution in [0.15, 0.2) is 24.5 Å². The fraction of sp³-hybridized carbons (Fsp3) is 0.562. The van der Waals surface area contributed by atoms with Gasteiger partial charge in [-0.25, -0.2) is 0 Å². The monoisotopic (exact) mass is 303 g/mol. The summed E-state index contributed by atoms with van der Waals surface area (Å²) in [6.07, 6.45) is 5.42. The zero-order chi connectivity index (χ0) is 15.5. The van der Waals surface area contributed by atoms with Gasteiger partial charge in [-0.05, 0) is 31.4 Å². The third-order valence-corrected chi connectivity index (χ3v) is 4.73. The van der Waals surface area contributed by atoms with Crippen LogP contribution in [0.1, 0.15) is 19.3 Å². The molecule has 2 aliphatic rings. The van der Waals surface area contributed by atoms with Crippen LogP contribution in [0, 0.1) is 11.8 Å². The molecule has 1 aromatic heterocycles. The van der Waals surface area contributed by atoms with Gasteiger partial charge in [-0.1, -0.05) is 0 Å². The predicted octanol–water partition coefficient (Wildman–Crippen LogP) is 1.23. The predicted molar refractivity (Wildman–Crippen MR) is 81.5 cm³/mol. The lowest BCUT2D eigenvalue weighted by atomic mass is 10.0. The molecule has 2 atom stereocenters. The minimum atomic E-state index is -0.767. The number of hydrogen-bond acceptors (Lipinski definition) is 4. The van der Waals surface area contributed by atoms with Gasteiger partial charge in [-0.2, -0.15) is 0 Å². The number of carboxylic acid groups (broad SMARTS) is 1. The van der Waals surface area contributed by atoms with Crippen LogP contribution in [0.25, 0.3) is 0 Å². The summed E-state index contributed by atoms with van der Waals surface area (Å²) in [6.45, 7) is 2.99. The normalized spacial score (nSPS) is 25.3. The molecular weight excluding hydrogens is 282 g/mol. The standard InChI is InChI=1S/C16H21N3O3/c20-15(12-3-4-13(10-12)16(21)22)19-8-6-18(7-9-19)14-2-1-5-17-11-14/h1-2,5,11-13H,3-4,6-10H2,(H,21,22)/t12-,13+/m0/s1. The Morgan fingerprint density at radius 2 is 1.86 bits per heavy atom. The fourth-order valence-corrected chi connectivity index (χ4v) is 3.41. The second kappa shape index (κ2) is 6.34. The van der Waals surface area contributed by atoms with Crippen molar-refractivity contribution in [1.29, 1.82) is 0 Å². The second-order valence-corrected chi connectivity index (χ2v) is 6.07. The maximum atomic E-state index is 12.5. The maximum Gasteiger partial charge on any atom is 0.306 e. The summed E-state index contributed by atoms with van der Waals surface area (Å²) in [5, 5.41) is 9.05. The van der Waals surface area contributed by atoms with Crippen LogP contribution in [0.2, 0.25) is 0 Å². The van der Waals surface area contributed by atoms with Crippen LogP contribution in [0.3, 0.4) is 0 Å². The van der Waals surface area contributed by atoms with Gasteiger partial charge in [-0.3, -0.25) is 14.6 Å². The number of carboxylic acids is 1. The first kappa shape index (κ1) is 14.8. The molecule has 1 amide bonds. The molecule has 0 unspecified atom stereocenters. The third-order valence-electron chi connectivity index (χ3n) is 4.73. The molecule has 1 aromatic rings. The average Bonchev–Trinajstić information content (AvgIpc) is 3.05. The Morgan fingerprint density at radius 1 is 1.14 bits per heavy atom. The van der Waals surface area contributed by atoms with Crippen molar-refractivity contribution in [3.63, 3.8) is 0 Å². The van der Waals surface area contributed by atoms with Crippen molar-refractivity contribution in [2.75, 3.05) is 31.1 Å². The summed E-state index contributed by atoms with van der Waals surface area (Å²) >= 11 is 0. The Kier molecular flexibility index (Phi) is 4.27. The molecule has 118 valence electrons. The van der Waals surface area contributed by atoms with E-state index >= 15 is 0 Å². The molecule has 1 aliphatic carbocycles. The van der Waals surface area contributed by atoms with Gasteiger partial charge in [0.1, 0.15) is 0 Å². The highest BCUT2D eigenvalue weighted by atomic mass is 16.4. The van der Waals surface area contributed by atoms with Crippen LogP contribution in [-0.4, -0.2) is 53.0 Å². The number of carbonyl (C=O) groups is 2. The van der Waals surface area contributed by atoms with Crippen LogP contribution in [-0.2, 0) is 9.59 Å². The first-order valence-electron chi connectivity index (χ1n) is 7.81. The molecule has 3 rings (SSSR count). The van der Waals surface area contributed by atoms with E-state index in [0.29, 0.717) is 32.4 Å². The number of carbonyl (C=O) groups excluding carboxylic acids is 1. The van der Waals surface area contributed by atoms with E-state index in [4.69, 9.17) is 5.11 Å². The van der Waals surface area contributed by atoms with Crippen molar-refractivity contribution in [3.8, 4) is 0 Å². The zero-order valence-electron chi connectivity index (χ0n) is 12.5. The number of aliphatic carboxylic acids is 1. The van der Waals surface area contributed by atoms with Gasteiger partial charge in [0.25, 0.3) is 0 Å². The highest BCUT2D eigenvalue weighted by Gasteiger charge is 2.36. The Morgan fingerprint density at radius 3 is 2.45 bits per heavy atom. The molecule has 1 saturated heterocycles. The molecule has 22 heavy (non-hydrogen) atoms. The largest absolute Gasteiger partial charge is 0.481 e. The number of aromatic nitrogens is 1. The van der Waals surface area contributed by atoms with E-state index < -0.39 is 5.97 Å². The molecule has 0 aromatic carbocycles. The van der Waals surface area contributed by atoms with E-state index in [2.05, 4.69) is 9.88 Å². The van der Waals surface area contributed by atoms with Gasteiger partial charge >= 0.3 is 5.97 Å². The quantitative estimate of drug-likeness (QED) is 0.909. The Hall–Kier alpha value is -2.11. The minimum Gasteiger partial charge on any atom is -0.481 e. The third kappa shape index (κ3) is 3.05. The number of anilines is 1. The first-order chi connectivity index (χ1) is 10.6. The topological polar surface area (TPSA) is 73.7 Å². The zero-order valence-corrected chi connectivity index (χ0v) is 12.5. The van der Waals surface area contributed by atoms with E-state index in [1.54, 1.807) is 6.20 Å². The van der Waals surface area contributed by atoms with Gasteiger partial charge < -0.3 is 14.9 Å². The molecule has 0 spiro atoms.